The summed E-state index contributed by atoms with van der Waals surface area (Å²) < 4.78 is 53.0. The van der Waals surface area contributed by atoms with Gasteiger partial charge in [-0.1, -0.05) is 32.4 Å². The van der Waals surface area contributed by atoms with Crippen LogP contribution in [0.5, 0.6) is 0 Å². The molecule has 1 aliphatic heterocycles. The predicted molar refractivity (Wildman–Crippen MR) is 121 cm³/mol. The summed E-state index contributed by atoms with van der Waals surface area (Å²) in [5.41, 5.74) is 0.942. The van der Waals surface area contributed by atoms with Gasteiger partial charge in [-0.05, 0) is 52.9 Å². The van der Waals surface area contributed by atoms with E-state index in [1.165, 1.54) is 0 Å². The molecule has 0 unspecified atom stereocenters. The lowest BCUT2D eigenvalue weighted by Crippen LogP contribution is -2.23. The molecule has 2 N–H and O–H groups in total. The minimum atomic E-state index is -4.56. The Bertz CT molecular complexity index is 1050. The van der Waals surface area contributed by atoms with Crippen molar-refractivity contribution in [3.63, 3.8) is 0 Å². The number of nitrogens with zero attached hydrogens (tertiary/aromatic N) is 2. The van der Waals surface area contributed by atoms with Gasteiger partial charge in [-0.3, -0.25) is 10.2 Å². The van der Waals surface area contributed by atoms with Crippen LogP contribution < -0.4 is 0 Å². The number of amidine groups is 1. The first-order valence-corrected chi connectivity index (χ1v) is 10.5. The number of halogens is 4. The summed E-state index contributed by atoms with van der Waals surface area (Å²) in [4.78, 5) is 17.1. The summed E-state index contributed by atoms with van der Waals surface area (Å²) in [5, 5.41) is 13.5. The summed E-state index contributed by atoms with van der Waals surface area (Å²) in [6, 6.07) is 7.32. The smallest absolute Gasteiger partial charge is 0.334 e. The standard InChI is InChI=1S/C18H15F4NO.C6H11N3/c1-2-17(24)23-9-12-4-3-11(7-13(12)10-23)15-8-14(19)5-6-16(15)18(20,21)22;1-2-3-4-9-6(8)5-7/h3-8H,2,9-10H2,1H3;4-5,7-8H,2-3H2,1H3. The zero-order chi connectivity index (χ0) is 24.6. The normalized spacial score (nSPS) is 12.8. The maximum Gasteiger partial charge on any atom is 0.417 e. The van der Waals surface area contributed by atoms with Crippen LogP contribution in [0.15, 0.2) is 41.4 Å². The van der Waals surface area contributed by atoms with E-state index in [0.717, 1.165) is 48.4 Å². The SMILES string of the molecule is CCC(=O)N1Cc2ccc(-c3cc(F)ccc3C(F)(F)F)cc2C1.CCCC=NC(=N)C=N. The van der Waals surface area contributed by atoms with Crippen molar-refractivity contribution in [2.24, 2.45) is 4.99 Å². The van der Waals surface area contributed by atoms with Gasteiger partial charge in [-0.25, -0.2) is 9.38 Å². The lowest BCUT2D eigenvalue weighted by molar-refractivity contribution is -0.137. The van der Waals surface area contributed by atoms with Gasteiger partial charge in [0.1, 0.15) is 5.82 Å². The molecule has 0 spiro atoms. The van der Waals surface area contributed by atoms with Crippen molar-refractivity contribution in [1.82, 2.24) is 4.90 Å². The summed E-state index contributed by atoms with van der Waals surface area (Å²) in [7, 11) is 0. The molecule has 2 aromatic rings. The number of alkyl halides is 3. The number of benzene rings is 2. The third-order valence-electron chi connectivity index (χ3n) is 4.97. The summed E-state index contributed by atoms with van der Waals surface area (Å²) in [6.07, 6.45) is 0.319. The Morgan fingerprint density at radius 3 is 2.42 bits per heavy atom. The molecule has 0 radical (unpaired) electrons. The number of nitrogens with one attached hydrogen (secondary N) is 2. The van der Waals surface area contributed by atoms with E-state index in [9.17, 15) is 22.4 Å². The molecule has 176 valence electrons. The zero-order valence-corrected chi connectivity index (χ0v) is 18.5. The van der Waals surface area contributed by atoms with Crippen LogP contribution in [0, 0.1) is 16.6 Å². The second kappa shape index (κ2) is 11.5. The zero-order valence-electron chi connectivity index (χ0n) is 18.5. The molecule has 9 heteroatoms. The molecule has 0 bridgehead atoms. The van der Waals surface area contributed by atoms with Crippen LogP contribution in [0.2, 0.25) is 0 Å². The minimum absolute atomic E-state index is 0.00511. The molecule has 2 aromatic carbocycles. The largest absolute Gasteiger partial charge is 0.417 e. The van der Waals surface area contributed by atoms with Gasteiger partial charge in [-0.2, -0.15) is 13.2 Å². The number of carbonyl (C=O) groups is 1. The third-order valence-corrected chi connectivity index (χ3v) is 4.97. The molecule has 1 aliphatic rings. The molecule has 1 amide bonds. The first kappa shape index (κ1) is 25.9. The maximum atomic E-state index is 13.5. The molecule has 0 saturated carbocycles. The molecule has 3 rings (SSSR count). The van der Waals surface area contributed by atoms with E-state index in [-0.39, 0.29) is 17.3 Å². The van der Waals surface area contributed by atoms with E-state index < -0.39 is 17.6 Å². The number of unbranched alkanes of at least 4 members (excludes halogenated alkanes) is 1. The summed E-state index contributed by atoms with van der Waals surface area (Å²) in [5.74, 6) is -0.709. The van der Waals surface area contributed by atoms with Crippen molar-refractivity contribution >= 4 is 24.2 Å². The Labute approximate surface area is 190 Å². The van der Waals surface area contributed by atoms with Gasteiger partial charge in [0.2, 0.25) is 5.91 Å². The molecule has 1 heterocycles. The van der Waals surface area contributed by atoms with Crippen molar-refractivity contribution < 1.29 is 22.4 Å². The lowest BCUT2D eigenvalue weighted by atomic mass is 9.96. The molecule has 33 heavy (non-hydrogen) atoms. The molecule has 0 fully saturated rings. The number of fused-ring (bicyclic) bond motifs is 1. The van der Waals surface area contributed by atoms with Gasteiger partial charge in [0, 0.05) is 25.7 Å². The van der Waals surface area contributed by atoms with Crippen LogP contribution in [0.4, 0.5) is 17.6 Å². The fraction of sp³-hybridized carbons (Fsp3) is 0.333. The molecule has 0 aliphatic carbocycles. The van der Waals surface area contributed by atoms with Crippen molar-refractivity contribution in [3.05, 3.63) is 58.9 Å². The second-order valence-electron chi connectivity index (χ2n) is 7.40. The van der Waals surface area contributed by atoms with Crippen molar-refractivity contribution in [2.75, 3.05) is 0 Å². The highest BCUT2D eigenvalue weighted by molar-refractivity contribution is 6.28. The Kier molecular flexibility index (Phi) is 9.02. The first-order valence-electron chi connectivity index (χ1n) is 10.5. The number of hydrogen-bond donors (Lipinski definition) is 2. The van der Waals surface area contributed by atoms with Crippen LogP contribution in [-0.2, 0) is 24.1 Å². The van der Waals surface area contributed by atoms with E-state index in [1.807, 2.05) is 6.92 Å². The average Bonchev–Trinajstić information content (AvgIpc) is 3.21. The minimum Gasteiger partial charge on any atom is -0.334 e. The van der Waals surface area contributed by atoms with Gasteiger partial charge in [-0.15, -0.1) is 0 Å². The van der Waals surface area contributed by atoms with E-state index in [0.29, 0.717) is 25.1 Å². The van der Waals surface area contributed by atoms with Crippen LogP contribution in [0.1, 0.15) is 49.8 Å². The van der Waals surface area contributed by atoms with E-state index in [2.05, 4.69) is 4.99 Å². The summed E-state index contributed by atoms with van der Waals surface area (Å²) in [6.45, 7) is 4.63. The number of rotatable bonds is 5. The van der Waals surface area contributed by atoms with Gasteiger partial charge in [0.05, 0.1) is 11.8 Å². The number of amides is 1. The van der Waals surface area contributed by atoms with E-state index in [4.69, 9.17) is 10.8 Å². The average molecular weight is 462 g/mol. The molecular weight excluding hydrogens is 436 g/mol. The van der Waals surface area contributed by atoms with Gasteiger partial charge < -0.3 is 10.3 Å². The molecule has 5 nitrogen and oxygen atoms in total. The van der Waals surface area contributed by atoms with Crippen molar-refractivity contribution in [2.45, 2.75) is 52.4 Å². The monoisotopic (exact) mass is 462 g/mol. The third kappa shape index (κ3) is 7.06. The predicted octanol–water partition coefficient (Wildman–Crippen LogP) is 6.25. The molecule has 0 saturated heterocycles. The Morgan fingerprint density at radius 1 is 1.12 bits per heavy atom. The van der Waals surface area contributed by atoms with Gasteiger partial charge >= 0.3 is 6.18 Å². The van der Waals surface area contributed by atoms with Crippen molar-refractivity contribution in [3.8, 4) is 11.1 Å². The quantitative estimate of drug-likeness (QED) is 0.308. The molecule has 0 atom stereocenters. The van der Waals surface area contributed by atoms with Crippen molar-refractivity contribution in [1.29, 1.82) is 10.8 Å². The van der Waals surface area contributed by atoms with Crippen LogP contribution >= 0.6 is 0 Å². The second-order valence-corrected chi connectivity index (χ2v) is 7.40. The number of hydrogen-bond acceptors (Lipinski definition) is 3. The van der Waals surface area contributed by atoms with E-state index in [1.54, 1.807) is 36.2 Å². The Hall–Kier alpha value is -3.36. The molecule has 0 aromatic heterocycles. The fourth-order valence-corrected chi connectivity index (χ4v) is 3.29. The topological polar surface area (TPSA) is 80.4 Å². The van der Waals surface area contributed by atoms with Gasteiger partial charge in [0.15, 0.2) is 5.84 Å². The highest BCUT2D eigenvalue weighted by atomic mass is 19.4. The highest BCUT2D eigenvalue weighted by Crippen LogP contribution is 2.38. The lowest BCUT2D eigenvalue weighted by Gasteiger charge is -2.14. The number of carbonyl (C=O) groups excluding carboxylic acids is 1. The molecular formula is C24H26F4N4O. The summed E-state index contributed by atoms with van der Waals surface area (Å²) >= 11 is 0. The van der Waals surface area contributed by atoms with E-state index >= 15 is 0 Å². The highest BCUT2D eigenvalue weighted by Gasteiger charge is 2.34. The van der Waals surface area contributed by atoms with Crippen LogP contribution in [0.3, 0.4) is 0 Å². The van der Waals surface area contributed by atoms with Gasteiger partial charge in [0.25, 0.3) is 0 Å². The Balaban J connectivity index is 0.000000365. The number of aliphatic imine (C=N–C) groups is 1. The fourth-order valence-electron chi connectivity index (χ4n) is 3.29. The first-order chi connectivity index (χ1) is 15.6. The maximum absolute atomic E-state index is 13.5. The van der Waals surface area contributed by atoms with Crippen LogP contribution in [-0.4, -0.2) is 29.1 Å². The Morgan fingerprint density at radius 2 is 1.82 bits per heavy atom. The van der Waals surface area contributed by atoms with Crippen LogP contribution in [0.25, 0.3) is 11.1 Å².